The van der Waals surface area contributed by atoms with E-state index in [4.69, 9.17) is 4.74 Å². The molecule has 2 aromatic carbocycles. The topological polar surface area (TPSA) is 94.1 Å². The summed E-state index contributed by atoms with van der Waals surface area (Å²) in [6.45, 7) is 8.29. The van der Waals surface area contributed by atoms with E-state index < -0.39 is 17.7 Å². The summed E-state index contributed by atoms with van der Waals surface area (Å²) in [6, 6.07) is 9.93. The summed E-state index contributed by atoms with van der Waals surface area (Å²) in [4.78, 5) is 30.0. The van der Waals surface area contributed by atoms with Crippen molar-refractivity contribution in [1.82, 2.24) is 10.2 Å². The van der Waals surface area contributed by atoms with Gasteiger partial charge in [-0.3, -0.25) is 14.6 Å². The van der Waals surface area contributed by atoms with Gasteiger partial charge in [0.2, 0.25) is 0 Å². The van der Waals surface area contributed by atoms with Crippen molar-refractivity contribution in [3.8, 4) is 0 Å². The Labute approximate surface area is 202 Å². The minimum absolute atomic E-state index is 0.306. The molecule has 3 N–H and O–H groups in total. The largest absolute Gasteiger partial charge is 0.379 e. The van der Waals surface area contributed by atoms with Gasteiger partial charge in [-0.25, -0.2) is 4.79 Å². The van der Waals surface area contributed by atoms with Crippen LogP contribution in [0.2, 0.25) is 0 Å². The van der Waals surface area contributed by atoms with E-state index in [1.54, 1.807) is 30.3 Å². The fraction of sp³-hybridized carbons (Fsp3) is 0.417. The normalized spacial score (nSPS) is 20.8. The second-order valence-corrected chi connectivity index (χ2v) is 9.38. The fourth-order valence-electron chi connectivity index (χ4n) is 4.20. The van der Waals surface area contributed by atoms with Crippen LogP contribution in [0.1, 0.15) is 23.1 Å². The summed E-state index contributed by atoms with van der Waals surface area (Å²) in [5.74, 6) is -0.642. The molecule has 2 aliphatic heterocycles. The number of fused-ring (bicyclic) bond motifs is 1. The first-order valence-corrected chi connectivity index (χ1v) is 11.9. The minimum atomic E-state index is -2.21. The molecule has 0 aromatic heterocycles. The van der Waals surface area contributed by atoms with Gasteiger partial charge in [-0.2, -0.15) is 0 Å². The molecule has 2 aromatic rings. The first kappa shape index (κ1) is 23.7. The highest BCUT2D eigenvalue weighted by Crippen LogP contribution is 2.41. The van der Waals surface area contributed by atoms with Crippen LogP contribution in [0.25, 0.3) is 0 Å². The number of ether oxygens (including phenoxy) is 1. The van der Waals surface area contributed by atoms with Crippen LogP contribution in [0.3, 0.4) is 0 Å². The number of urea groups is 1. The van der Waals surface area contributed by atoms with Crippen LogP contribution in [0.5, 0.6) is 0 Å². The number of carbonyl (C=O) groups is 2. The summed E-state index contributed by atoms with van der Waals surface area (Å²) in [7, 11) is 0. The Kier molecular flexibility index (Phi) is 7.04. The maximum Gasteiger partial charge on any atom is 0.329 e. The van der Waals surface area contributed by atoms with Gasteiger partial charge in [0.05, 0.1) is 18.9 Å². The summed E-state index contributed by atoms with van der Waals surface area (Å²) < 4.78 is 6.06. The molecule has 0 saturated carbocycles. The standard InChI is InChI=1S/C24H29BrN4O4/c1-16-4-6-19(14-17(16)2)29-23(31)27-21-7-5-18(25)15-20(21)24(29,32)22(30)26-8-3-9-28-10-12-33-13-11-28/h4-7,14-15,32H,3,8-13H2,1-2H3,(H,26,30)(H,27,31). The second kappa shape index (κ2) is 9.80. The lowest BCUT2D eigenvalue weighted by Crippen LogP contribution is -2.62. The Morgan fingerprint density at radius 3 is 2.67 bits per heavy atom. The van der Waals surface area contributed by atoms with Crippen molar-refractivity contribution in [1.29, 1.82) is 0 Å². The van der Waals surface area contributed by atoms with Crippen LogP contribution in [0.4, 0.5) is 16.2 Å². The maximum atomic E-state index is 13.5. The van der Waals surface area contributed by atoms with Crippen LogP contribution in [-0.2, 0) is 15.3 Å². The molecule has 9 heteroatoms. The smallest absolute Gasteiger partial charge is 0.329 e. The highest BCUT2D eigenvalue weighted by molar-refractivity contribution is 9.10. The van der Waals surface area contributed by atoms with E-state index in [9.17, 15) is 14.7 Å². The Morgan fingerprint density at radius 2 is 1.94 bits per heavy atom. The molecule has 1 saturated heterocycles. The number of hydrogen-bond acceptors (Lipinski definition) is 5. The monoisotopic (exact) mass is 516 g/mol. The zero-order valence-electron chi connectivity index (χ0n) is 18.9. The number of amides is 3. The van der Waals surface area contributed by atoms with Gasteiger partial charge in [0.1, 0.15) is 0 Å². The van der Waals surface area contributed by atoms with Gasteiger partial charge in [-0.15, -0.1) is 0 Å². The van der Waals surface area contributed by atoms with Gasteiger partial charge in [0.15, 0.2) is 0 Å². The molecule has 1 atom stereocenters. The van der Waals surface area contributed by atoms with Gasteiger partial charge >= 0.3 is 6.03 Å². The van der Waals surface area contributed by atoms with Crippen molar-refractivity contribution in [3.05, 3.63) is 57.6 Å². The van der Waals surface area contributed by atoms with Crippen LogP contribution in [0.15, 0.2) is 40.9 Å². The molecule has 33 heavy (non-hydrogen) atoms. The zero-order valence-corrected chi connectivity index (χ0v) is 20.4. The van der Waals surface area contributed by atoms with E-state index in [0.29, 0.717) is 28.0 Å². The lowest BCUT2D eigenvalue weighted by molar-refractivity contribution is -0.140. The average Bonchev–Trinajstić information content (AvgIpc) is 2.80. The zero-order chi connectivity index (χ0) is 23.6. The van der Waals surface area contributed by atoms with Gasteiger partial charge in [-0.05, 0) is 68.3 Å². The van der Waals surface area contributed by atoms with E-state index >= 15 is 0 Å². The molecule has 8 nitrogen and oxygen atoms in total. The van der Waals surface area contributed by atoms with Gasteiger partial charge < -0.3 is 20.5 Å². The van der Waals surface area contributed by atoms with Crippen molar-refractivity contribution in [2.75, 3.05) is 49.6 Å². The molecule has 0 spiro atoms. The first-order chi connectivity index (χ1) is 15.8. The average molecular weight is 517 g/mol. The summed E-state index contributed by atoms with van der Waals surface area (Å²) in [5.41, 5.74) is 0.938. The Morgan fingerprint density at radius 1 is 1.18 bits per heavy atom. The van der Waals surface area contributed by atoms with Crippen molar-refractivity contribution in [2.45, 2.75) is 26.0 Å². The number of aryl methyl sites for hydroxylation is 2. The number of rotatable bonds is 6. The number of hydrogen-bond donors (Lipinski definition) is 3. The third-order valence-corrected chi connectivity index (χ3v) is 6.72. The summed E-state index contributed by atoms with van der Waals surface area (Å²) in [5, 5.41) is 17.6. The van der Waals surface area contributed by atoms with Gasteiger partial charge in [-0.1, -0.05) is 22.0 Å². The number of aliphatic hydroxyl groups is 1. The number of anilines is 2. The SMILES string of the molecule is Cc1ccc(N2C(=O)Nc3ccc(Br)cc3C2(O)C(=O)NCCCN2CCOCC2)cc1C. The molecule has 2 heterocycles. The van der Waals surface area contributed by atoms with Crippen molar-refractivity contribution >= 4 is 39.2 Å². The lowest BCUT2D eigenvalue weighted by Gasteiger charge is -2.43. The van der Waals surface area contributed by atoms with E-state index in [-0.39, 0.29) is 0 Å². The van der Waals surface area contributed by atoms with Gasteiger partial charge in [0.25, 0.3) is 11.6 Å². The predicted octanol–water partition coefficient (Wildman–Crippen LogP) is 3.10. The number of nitrogens with zero attached hydrogens (tertiary/aromatic N) is 2. The molecule has 0 bridgehead atoms. The Balaban J connectivity index is 1.62. The number of benzene rings is 2. The molecule has 1 unspecified atom stereocenters. The minimum Gasteiger partial charge on any atom is -0.379 e. The molecule has 3 amide bonds. The highest BCUT2D eigenvalue weighted by Gasteiger charge is 2.52. The number of carbonyl (C=O) groups excluding carboxylic acids is 2. The quantitative estimate of drug-likeness (QED) is 0.513. The number of halogens is 1. The van der Waals surface area contributed by atoms with Crippen LogP contribution >= 0.6 is 15.9 Å². The Bertz CT molecular complexity index is 1060. The summed E-state index contributed by atoms with van der Waals surface area (Å²) in [6.07, 6.45) is 0.725. The fourth-order valence-corrected chi connectivity index (χ4v) is 4.56. The van der Waals surface area contributed by atoms with Crippen molar-refractivity contribution in [2.24, 2.45) is 0 Å². The van der Waals surface area contributed by atoms with E-state index in [0.717, 1.165) is 55.3 Å². The van der Waals surface area contributed by atoms with E-state index in [1.165, 1.54) is 0 Å². The van der Waals surface area contributed by atoms with Crippen LogP contribution in [-0.4, -0.2) is 61.3 Å². The second-order valence-electron chi connectivity index (χ2n) is 8.46. The molecule has 0 radical (unpaired) electrons. The molecule has 1 fully saturated rings. The first-order valence-electron chi connectivity index (χ1n) is 11.1. The molecule has 0 aliphatic carbocycles. The molecule has 176 valence electrons. The molecular formula is C24H29BrN4O4. The Hall–Kier alpha value is -2.46. The predicted molar refractivity (Wildman–Crippen MR) is 130 cm³/mol. The lowest BCUT2D eigenvalue weighted by atomic mass is 9.94. The van der Waals surface area contributed by atoms with Crippen molar-refractivity contribution in [3.63, 3.8) is 0 Å². The highest BCUT2D eigenvalue weighted by atomic mass is 79.9. The molecule has 2 aliphatic rings. The van der Waals surface area contributed by atoms with Crippen molar-refractivity contribution < 1.29 is 19.4 Å². The number of nitrogens with one attached hydrogen (secondary N) is 2. The maximum absolute atomic E-state index is 13.5. The molecular weight excluding hydrogens is 488 g/mol. The number of morpholine rings is 1. The van der Waals surface area contributed by atoms with Gasteiger partial charge in [0, 0.05) is 35.4 Å². The van der Waals surface area contributed by atoms with E-state index in [2.05, 4.69) is 31.5 Å². The van der Waals surface area contributed by atoms with Crippen LogP contribution in [0, 0.1) is 13.8 Å². The van der Waals surface area contributed by atoms with E-state index in [1.807, 2.05) is 19.9 Å². The third-order valence-electron chi connectivity index (χ3n) is 6.23. The summed E-state index contributed by atoms with van der Waals surface area (Å²) >= 11 is 3.42. The molecule has 4 rings (SSSR count). The third kappa shape index (κ3) is 4.77. The van der Waals surface area contributed by atoms with Crippen LogP contribution < -0.4 is 15.5 Å².